The van der Waals surface area contributed by atoms with Crippen molar-refractivity contribution in [3.8, 4) is 11.5 Å². The van der Waals surface area contributed by atoms with Crippen molar-refractivity contribution in [3.05, 3.63) is 28.2 Å². The Hall–Kier alpha value is -3.03. The fourth-order valence-corrected chi connectivity index (χ4v) is 3.36. The quantitative estimate of drug-likeness (QED) is 0.321. The zero-order chi connectivity index (χ0) is 22.1. The highest BCUT2D eigenvalue weighted by atomic mass is 16.6. The Morgan fingerprint density at radius 1 is 1.33 bits per heavy atom. The first-order chi connectivity index (χ1) is 14.1. The average Bonchev–Trinajstić information content (AvgIpc) is 2.66. The van der Waals surface area contributed by atoms with Gasteiger partial charge in [0, 0.05) is 11.6 Å². The molecular weight excluding hydrogens is 401 g/mol. The molecule has 0 unspecified atom stereocenters. The molecule has 0 saturated carbocycles. The average molecular weight is 422 g/mol. The largest absolute Gasteiger partial charge is 0.669 e. The van der Waals surface area contributed by atoms with E-state index in [9.17, 15) is 34.4 Å². The molecule has 2 aliphatic rings. The Bertz CT molecular complexity index is 885. The Kier molecular flexibility index (Phi) is 6.05. The summed E-state index contributed by atoms with van der Waals surface area (Å²) in [5.74, 6) is -2.78. The molecule has 0 spiro atoms. The van der Waals surface area contributed by atoms with E-state index in [1.165, 1.54) is 11.0 Å². The molecule has 0 bridgehead atoms. The highest BCUT2D eigenvalue weighted by molar-refractivity contribution is 6.59. The number of amides is 2. The summed E-state index contributed by atoms with van der Waals surface area (Å²) < 4.78 is 10.8. The van der Waals surface area contributed by atoms with E-state index in [2.05, 4.69) is 5.18 Å². The summed E-state index contributed by atoms with van der Waals surface area (Å²) in [6, 6.07) is 1.95. The third-order valence-electron chi connectivity index (χ3n) is 5.08. The number of aromatic carboxylic acids is 1. The predicted octanol–water partition coefficient (Wildman–Crippen LogP) is -0.767. The number of aryl methyl sites for hydroxylation is 1. The van der Waals surface area contributed by atoms with Gasteiger partial charge in [-0.1, -0.05) is 12.4 Å². The smallest absolute Gasteiger partial charge is 0.430 e. The SMILES string of the molecule is N[C@@H](CCC(=O)N1CC(Oc2ccc3c(c2C(=O)O)O[B-](O)(O)CC3)C1)C(=O)N=O. The van der Waals surface area contributed by atoms with Gasteiger partial charge in [0.05, 0.1) is 24.9 Å². The molecule has 30 heavy (non-hydrogen) atoms. The van der Waals surface area contributed by atoms with Gasteiger partial charge in [0.25, 0.3) is 0 Å². The minimum absolute atomic E-state index is 0.00322. The van der Waals surface area contributed by atoms with E-state index in [4.69, 9.17) is 15.1 Å². The van der Waals surface area contributed by atoms with Gasteiger partial charge in [-0.25, -0.2) is 4.79 Å². The van der Waals surface area contributed by atoms with Gasteiger partial charge in [-0.3, -0.25) is 9.59 Å². The summed E-state index contributed by atoms with van der Waals surface area (Å²) in [5, 5.41) is 31.3. The molecule has 3 rings (SSSR count). The van der Waals surface area contributed by atoms with Crippen molar-refractivity contribution in [2.24, 2.45) is 10.9 Å². The van der Waals surface area contributed by atoms with Crippen LogP contribution in [0.15, 0.2) is 17.3 Å². The molecule has 13 heteroatoms. The van der Waals surface area contributed by atoms with Gasteiger partial charge >= 0.3 is 18.6 Å². The van der Waals surface area contributed by atoms with Gasteiger partial charge in [0.15, 0.2) is 0 Å². The second-order valence-electron chi connectivity index (χ2n) is 7.36. The lowest BCUT2D eigenvalue weighted by Crippen LogP contribution is -2.56. The van der Waals surface area contributed by atoms with Crippen molar-refractivity contribution in [1.82, 2.24) is 4.90 Å². The Morgan fingerprint density at radius 2 is 2.03 bits per heavy atom. The van der Waals surface area contributed by atoms with E-state index in [0.29, 0.717) is 5.56 Å². The first-order valence-corrected chi connectivity index (χ1v) is 9.37. The Morgan fingerprint density at radius 3 is 2.67 bits per heavy atom. The van der Waals surface area contributed by atoms with Crippen LogP contribution in [-0.2, 0) is 16.0 Å². The van der Waals surface area contributed by atoms with E-state index < -0.39 is 30.8 Å². The number of carboxylic acids is 1. The van der Waals surface area contributed by atoms with Gasteiger partial charge in [-0.05, 0) is 24.5 Å². The van der Waals surface area contributed by atoms with Crippen molar-refractivity contribution in [3.63, 3.8) is 0 Å². The topological polar surface area (TPSA) is 189 Å². The van der Waals surface area contributed by atoms with E-state index >= 15 is 0 Å². The number of carboxylic acid groups (broad SMARTS) is 1. The molecule has 2 heterocycles. The summed E-state index contributed by atoms with van der Waals surface area (Å²) in [7, 11) is 0. The minimum Gasteiger partial charge on any atom is -0.669 e. The van der Waals surface area contributed by atoms with Crippen molar-refractivity contribution < 1.29 is 38.9 Å². The number of hydrogen-bond donors (Lipinski definition) is 4. The van der Waals surface area contributed by atoms with Crippen LogP contribution >= 0.6 is 0 Å². The van der Waals surface area contributed by atoms with E-state index in [-0.39, 0.29) is 61.6 Å². The van der Waals surface area contributed by atoms with Crippen LogP contribution in [0.25, 0.3) is 0 Å². The van der Waals surface area contributed by atoms with E-state index in [0.717, 1.165) is 0 Å². The fourth-order valence-electron chi connectivity index (χ4n) is 3.36. The number of rotatable bonds is 7. The lowest BCUT2D eigenvalue weighted by atomic mass is 9.70. The van der Waals surface area contributed by atoms with Crippen molar-refractivity contribution in [2.75, 3.05) is 13.1 Å². The lowest BCUT2D eigenvalue weighted by molar-refractivity contribution is -0.140. The van der Waals surface area contributed by atoms with E-state index in [1.54, 1.807) is 6.07 Å². The number of hydrogen-bond acceptors (Lipinski definition) is 9. The number of ether oxygens (including phenoxy) is 1. The third kappa shape index (κ3) is 4.58. The van der Waals surface area contributed by atoms with Crippen LogP contribution in [-0.4, -0.2) is 69.8 Å². The zero-order valence-electron chi connectivity index (χ0n) is 15.9. The highest BCUT2D eigenvalue weighted by Crippen LogP contribution is 2.38. The van der Waals surface area contributed by atoms with Crippen molar-refractivity contribution in [2.45, 2.75) is 37.7 Å². The summed E-state index contributed by atoms with van der Waals surface area (Å²) in [4.78, 5) is 46.5. The van der Waals surface area contributed by atoms with Crippen LogP contribution in [0, 0.1) is 4.91 Å². The molecular formula is C17H21BN3O9-. The zero-order valence-corrected chi connectivity index (χ0v) is 15.9. The second-order valence-corrected chi connectivity index (χ2v) is 7.36. The van der Waals surface area contributed by atoms with E-state index in [1.807, 2.05) is 0 Å². The highest BCUT2D eigenvalue weighted by Gasteiger charge is 2.36. The number of nitrogens with zero attached hydrogens (tertiary/aromatic N) is 2. The lowest BCUT2D eigenvalue weighted by Gasteiger charge is -2.40. The molecule has 1 fully saturated rings. The van der Waals surface area contributed by atoms with Crippen LogP contribution < -0.4 is 15.1 Å². The molecule has 0 aliphatic carbocycles. The van der Waals surface area contributed by atoms with Gasteiger partial charge in [-0.15, -0.1) is 4.91 Å². The van der Waals surface area contributed by atoms with Crippen molar-refractivity contribution >= 4 is 24.5 Å². The standard InChI is InChI=1S/C17H21BN3O9/c19-11(16(23)20-28)2-4-13(22)21-7-10(8-21)29-12-3-1-9-5-6-18(26,27)30-15(9)14(12)17(24)25/h1,3,10-11,26-27H,2,4-8,19H2,(H,24,25)/q-1/t11-/m0/s1. The molecule has 5 N–H and O–H groups in total. The second kappa shape index (κ2) is 8.38. The van der Waals surface area contributed by atoms with Gasteiger partial charge in [0.2, 0.25) is 5.91 Å². The van der Waals surface area contributed by atoms with Crippen LogP contribution in [0.3, 0.4) is 0 Å². The molecule has 1 saturated heterocycles. The molecule has 1 aromatic rings. The monoisotopic (exact) mass is 422 g/mol. The molecule has 2 aliphatic heterocycles. The predicted molar refractivity (Wildman–Crippen MR) is 102 cm³/mol. The third-order valence-corrected chi connectivity index (χ3v) is 5.08. The molecule has 2 amide bonds. The maximum absolute atomic E-state index is 12.1. The fraction of sp³-hybridized carbons (Fsp3) is 0.471. The number of carbonyl (C=O) groups excluding carboxylic acids is 2. The summed E-state index contributed by atoms with van der Waals surface area (Å²) in [6.07, 6.45) is -0.315. The van der Waals surface area contributed by atoms with Gasteiger partial charge in [0.1, 0.15) is 17.4 Å². The maximum atomic E-state index is 12.1. The molecule has 12 nitrogen and oxygen atoms in total. The Labute approximate surface area is 170 Å². The van der Waals surface area contributed by atoms with Crippen LogP contribution in [0.5, 0.6) is 11.5 Å². The molecule has 1 aromatic carbocycles. The first kappa shape index (κ1) is 21.7. The molecule has 0 radical (unpaired) electrons. The maximum Gasteiger partial charge on any atom is 0.430 e. The minimum atomic E-state index is -3.14. The number of nitrogens with two attached hydrogens (primary N) is 1. The molecule has 162 valence electrons. The number of nitroso groups, excluding NO2 is 1. The van der Waals surface area contributed by atoms with Gasteiger partial charge < -0.3 is 35.2 Å². The number of carbonyl (C=O) groups is 3. The van der Waals surface area contributed by atoms with Crippen LogP contribution in [0.1, 0.15) is 28.8 Å². The first-order valence-electron chi connectivity index (χ1n) is 9.37. The molecule has 1 atom stereocenters. The number of benzene rings is 1. The van der Waals surface area contributed by atoms with Gasteiger partial charge in [-0.2, -0.15) is 0 Å². The Balaban J connectivity index is 1.61. The summed E-state index contributed by atoms with van der Waals surface area (Å²) in [5.41, 5.74) is 5.67. The summed E-state index contributed by atoms with van der Waals surface area (Å²) >= 11 is 0. The normalized spacial score (nSPS) is 18.4. The number of fused-ring (bicyclic) bond motifs is 1. The van der Waals surface area contributed by atoms with Crippen LogP contribution in [0.4, 0.5) is 0 Å². The summed E-state index contributed by atoms with van der Waals surface area (Å²) in [6.45, 7) is -2.75. The van der Waals surface area contributed by atoms with Crippen LogP contribution in [0.2, 0.25) is 6.32 Å². The van der Waals surface area contributed by atoms with Crippen molar-refractivity contribution in [1.29, 1.82) is 0 Å². The number of likely N-dealkylation sites (tertiary alicyclic amines) is 1. The molecule has 0 aromatic heterocycles.